The first kappa shape index (κ1) is 17.2. The number of likely N-dealkylation sites (N-methyl/N-ethyl adjacent to an activating group) is 1. The molecule has 2 aliphatic rings. The van der Waals surface area contributed by atoms with Gasteiger partial charge >= 0.3 is 0 Å². The van der Waals surface area contributed by atoms with Gasteiger partial charge in [-0.25, -0.2) is 4.39 Å². The summed E-state index contributed by atoms with van der Waals surface area (Å²) in [6.07, 6.45) is 4.75. The van der Waals surface area contributed by atoms with Crippen molar-refractivity contribution >= 4 is 18.3 Å². The molecule has 122 valence electrons. The van der Waals surface area contributed by atoms with E-state index in [1.54, 1.807) is 12.1 Å². The lowest BCUT2D eigenvalue weighted by Gasteiger charge is -2.35. The average molecular weight is 327 g/mol. The predicted molar refractivity (Wildman–Crippen MR) is 87.8 cm³/mol. The summed E-state index contributed by atoms with van der Waals surface area (Å²) in [6.45, 7) is 1.83. The van der Waals surface area contributed by atoms with Crippen LogP contribution in [0.4, 0.5) is 4.39 Å². The molecule has 1 heterocycles. The van der Waals surface area contributed by atoms with Crippen molar-refractivity contribution in [3.05, 3.63) is 35.6 Å². The minimum Gasteiger partial charge on any atom is -0.341 e. The zero-order valence-electron chi connectivity index (χ0n) is 13.0. The number of benzene rings is 1. The number of rotatable bonds is 3. The fourth-order valence-corrected chi connectivity index (χ4v) is 3.86. The third-order valence-corrected chi connectivity index (χ3v) is 5.15. The molecule has 3 nitrogen and oxygen atoms in total. The number of carbonyl (C=O) groups excluding carboxylic acids is 1. The Labute approximate surface area is 137 Å². The lowest BCUT2D eigenvalue weighted by molar-refractivity contribution is -0.137. The predicted octanol–water partition coefficient (Wildman–Crippen LogP) is 2.88. The van der Waals surface area contributed by atoms with Crippen LogP contribution in [-0.2, 0) is 10.2 Å². The molecule has 1 unspecified atom stereocenters. The molecular formula is C17H24ClFN2O. The summed E-state index contributed by atoms with van der Waals surface area (Å²) < 4.78 is 13.6. The van der Waals surface area contributed by atoms with Crippen LogP contribution in [0.2, 0.25) is 0 Å². The highest BCUT2D eigenvalue weighted by molar-refractivity contribution is 5.88. The SMILES string of the molecule is CN(C(=O)C1(c2cccc(F)c2)CCCC1)C1CCNC1.Cl. The lowest BCUT2D eigenvalue weighted by Crippen LogP contribution is -2.48. The molecule has 3 rings (SSSR count). The third kappa shape index (κ3) is 2.99. The minimum atomic E-state index is -0.514. The summed E-state index contributed by atoms with van der Waals surface area (Å²) in [6, 6.07) is 6.89. The van der Waals surface area contributed by atoms with E-state index in [0.29, 0.717) is 0 Å². The Bertz CT molecular complexity index is 525. The molecule has 1 saturated heterocycles. The number of hydrogen-bond acceptors (Lipinski definition) is 2. The smallest absolute Gasteiger partial charge is 0.233 e. The average Bonchev–Trinajstić information content (AvgIpc) is 3.17. The Morgan fingerprint density at radius 1 is 1.36 bits per heavy atom. The summed E-state index contributed by atoms with van der Waals surface area (Å²) in [7, 11) is 1.90. The molecule has 1 amide bonds. The van der Waals surface area contributed by atoms with Gasteiger partial charge in [0.1, 0.15) is 5.82 Å². The second kappa shape index (κ2) is 6.97. The molecule has 0 radical (unpaired) electrons. The van der Waals surface area contributed by atoms with E-state index in [1.807, 2.05) is 18.0 Å². The number of hydrogen-bond donors (Lipinski definition) is 1. The van der Waals surface area contributed by atoms with Crippen LogP contribution in [0.1, 0.15) is 37.7 Å². The Morgan fingerprint density at radius 2 is 2.09 bits per heavy atom. The summed E-state index contributed by atoms with van der Waals surface area (Å²) in [4.78, 5) is 15.0. The molecular weight excluding hydrogens is 303 g/mol. The van der Waals surface area contributed by atoms with Crippen LogP contribution < -0.4 is 5.32 Å². The van der Waals surface area contributed by atoms with Crippen molar-refractivity contribution < 1.29 is 9.18 Å². The molecule has 5 heteroatoms. The van der Waals surface area contributed by atoms with E-state index >= 15 is 0 Å². The van der Waals surface area contributed by atoms with Crippen molar-refractivity contribution in [3.8, 4) is 0 Å². The van der Waals surface area contributed by atoms with Crippen molar-refractivity contribution in [2.75, 3.05) is 20.1 Å². The van der Waals surface area contributed by atoms with Gasteiger partial charge < -0.3 is 10.2 Å². The van der Waals surface area contributed by atoms with E-state index in [9.17, 15) is 9.18 Å². The fraction of sp³-hybridized carbons (Fsp3) is 0.588. The highest BCUT2D eigenvalue weighted by Gasteiger charge is 2.45. The number of amides is 1. The Balaban J connectivity index is 0.00000176. The van der Waals surface area contributed by atoms with Crippen LogP contribution in [0, 0.1) is 5.82 Å². The van der Waals surface area contributed by atoms with Gasteiger partial charge in [-0.2, -0.15) is 0 Å². The normalized spacial score (nSPS) is 23.1. The number of nitrogens with zero attached hydrogens (tertiary/aromatic N) is 1. The van der Waals surface area contributed by atoms with Crippen molar-refractivity contribution in [3.63, 3.8) is 0 Å². The van der Waals surface area contributed by atoms with E-state index in [0.717, 1.165) is 50.8 Å². The van der Waals surface area contributed by atoms with Gasteiger partial charge in [0.25, 0.3) is 0 Å². The zero-order chi connectivity index (χ0) is 14.9. The van der Waals surface area contributed by atoms with E-state index in [1.165, 1.54) is 6.07 Å². The minimum absolute atomic E-state index is 0. The summed E-state index contributed by atoms with van der Waals surface area (Å²) in [5.41, 5.74) is 0.335. The molecule has 1 N–H and O–H groups in total. The molecule has 1 aromatic carbocycles. The quantitative estimate of drug-likeness (QED) is 0.926. The van der Waals surface area contributed by atoms with Gasteiger partial charge in [-0.15, -0.1) is 12.4 Å². The maximum Gasteiger partial charge on any atom is 0.233 e. The van der Waals surface area contributed by atoms with Crippen LogP contribution in [0.15, 0.2) is 24.3 Å². The first-order chi connectivity index (χ1) is 10.1. The van der Waals surface area contributed by atoms with Crippen molar-refractivity contribution in [2.24, 2.45) is 0 Å². The molecule has 1 aliphatic carbocycles. The lowest BCUT2D eigenvalue weighted by atomic mass is 9.77. The van der Waals surface area contributed by atoms with Crippen LogP contribution in [0.3, 0.4) is 0 Å². The highest BCUT2D eigenvalue weighted by Crippen LogP contribution is 2.43. The second-order valence-electron chi connectivity index (χ2n) is 6.36. The van der Waals surface area contributed by atoms with Crippen molar-refractivity contribution in [1.29, 1.82) is 0 Å². The van der Waals surface area contributed by atoms with Gasteiger partial charge in [-0.05, 0) is 43.5 Å². The maximum atomic E-state index is 13.6. The number of halogens is 2. The largest absolute Gasteiger partial charge is 0.341 e. The monoisotopic (exact) mass is 326 g/mol. The molecule has 0 spiro atoms. The van der Waals surface area contributed by atoms with Crippen molar-refractivity contribution in [2.45, 2.75) is 43.6 Å². The van der Waals surface area contributed by atoms with Gasteiger partial charge in [-0.3, -0.25) is 4.79 Å². The molecule has 1 aromatic rings. The Hall–Kier alpha value is -1.13. The van der Waals surface area contributed by atoms with Gasteiger partial charge in [0, 0.05) is 19.6 Å². The zero-order valence-corrected chi connectivity index (χ0v) is 13.8. The second-order valence-corrected chi connectivity index (χ2v) is 6.36. The summed E-state index contributed by atoms with van der Waals surface area (Å²) >= 11 is 0. The van der Waals surface area contributed by atoms with E-state index in [4.69, 9.17) is 0 Å². The number of carbonyl (C=O) groups is 1. The van der Waals surface area contributed by atoms with Crippen LogP contribution in [0.25, 0.3) is 0 Å². The molecule has 22 heavy (non-hydrogen) atoms. The fourth-order valence-electron chi connectivity index (χ4n) is 3.86. The topological polar surface area (TPSA) is 32.3 Å². The van der Waals surface area contributed by atoms with Crippen LogP contribution in [-0.4, -0.2) is 37.0 Å². The highest BCUT2D eigenvalue weighted by atomic mass is 35.5. The molecule has 0 bridgehead atoms. The van der Waals surface area contributed by atoms with Gasteiger partial charge in [0.05, 0.1) is 5.41 Å². The first-order valence-corrected chi connectivity index (χ1v) is 7.87. The summed E-state index contributed by atoms with van der Waals surface area (Å²) in [5, 5.41) is 3.31. The maximum absolute atomic E-state index is 13.6. The van der Waals surface area contributed by atoms with E-state index in [-0.39, 0.29) is 30.2 Å². The van der Waals surface area contributed by atoms with E-state index in [2.05, 4.69) is 5.32 Å². The van der Waals surface area contributed by atoms with Gasteiger partial charge in [0.15, 0.2) is 0 Å². The molecule has 1 atom stereocenters. The third-order valence-electron chi connectivity index (χ3n) is 5.15. The molecule has 2 fully saturated rings. The van der Waals surface area contributed by atoms with Gasteiger partial charge in [0.2, 0.25) is 5.91 Å². The first-order valence-electron chi connectivity index (χ1n) is 7.87. The standard InChI is InChI=1S/C17H23FN2O.ClH/c1-20(15-7-10-19-12-15)16(21)17(8-2-3-9-17)13-5-4-6-14(18)11-13;/h4-6,11,15,19H,2-3,7-10,12H2,1H3;1H. The molecule has 0 aromatic heterocycles. The molecule has 1 saturated carbocycles. The molecule has 1 aliphatic heterocycles. The summed E-state index contributed by atoms with van der Waals surface area (Å²) in [5.74, 6) is -0.0870. The van der Waals surface area contributed by atoms with Gasteiger partial charge in [-0.1, -0.05) is 25.0 Å². The van der Waals surface area contributed by atoms with Crippen molar-refractivity contribution in [1.82, 2.24) is 10.2 Å². The van der Waals surface area contributed by atoms with E-state index < -0.39 is 5.41 Å². The number of nitrogens with one attached hydrogen (secondary N) is 1. The van der Waals surface area contributed by atoms with Crippen LogP contribution in [0.5, 0.6) is 0 Å². The Kier molecular flexibility index (Phi) is 5.45. The Morgan fingerprint density at radius 3 is 2.68 bits per heavy atom. The van der Waals surface area contributed by atoms with Crippen LogP contribution >= 0.6 is 12.4 Å².